The molecular formula is C15H14N6O. The van der Waals surface area contributed by atoms with Crippen LogP contribution in [-0.4, -0.2) is 30.6 Å². The Morgan fingerprint density at radius 1 is 1.18 bits per heavy atom. The van der Waals surface area contributed by atoms with Crippen LogP contribution in [0, 0.1) is 6.92 Å². The van der Waals surface area contributed by atoms with Crippen LogP contribution in [0.15, 0.2) is 49.1 Å². The lowest BCUT2D eigenvalue weighted by Gasteiger charge is -2.07. The molecule has 0 unspecified atom stereocenters. The van der Waals surface area contributed by atoms with E-state index in [9.17, 15) is 4.79 Å². The summed E-state index contributed by atoms with van der Waals surface area (Å²) in [4.78, 5) is 20.2. The van der Waals surface area contributed by atoms with Gasteiger partial charge >= 0.3 is 0 Å². The van der Waals surface area contributed by atoms with Gasteiger partial charge in [0.2, 0.25) is 5.95 Å². The first-order chi connectivity index (χ1) is 10.7. The summed E-state index contributed by atoms with van der Waals surface area (Å²) in [6.07, 6.45) is 4.55. The van der Waals surface area contributed by atoms with E-state index in [0.29, 0.717) is 12.5 Å². The number of aryl methyl sites for hydroxylation is 1. The fraction of sp³-hybridized carbons (Fsp3) is 0.133. The van der Waals surface area contributed by atoms with Crippen molar-refractivity contribution in [2.45, 2.75) is 13.5 Å². The molecule has 0 radical (unpaired) electrons. The van der Waals surface area contributed by atoms with E-state index in [1.165, 1.54) is 6.20 Å². The highest BCUT2D eigenvalue weighted by molar-refractivity contribution is 6.01. The molecule has 3 rings (SSSR count). The quantitative estimate of drug-likeness (QED) is 0.791. The zero-order valence-corrected chi connectivity index (χ0v) is 12.0. The molecule has 7 heteroatoms. The van der Waals surface area contributed by atoms with Crippen LogP contribution >= 0.6 is 0 Å². The molecule has 1 amide bonds. The first-order valence-corrected chi connectivity index (χ1v) is 6.74. The summed E-state index contributed by atoms with van der Waals surface area (Å²) in [5.41, 5.74) is 2.08. The zero-order valence-electron chi connectivity index (χ0n) is 12.0. The van der Waals surface area contributed by atoms with E-state index in [-0.39, 0.29) is 11.6 Å². The number of nitrogens with zero attached hydrogens (tertiary/aromatic N) is 5. The normalized spacial score (nSPS) is 10.4. The lowest BCUT2D eigenvalue weighted by atomic mass is 10.2. The average Bonchev–Trinajstić information content (AvgIpc) is 2.96. The molecule has 2 heterocycles. The maximum absolute atomic E-state index is 12.1. The van der Waals surface area contributed by atoms with Gasteiger partial charge in [0.25, 0.3) is 5.91 Å². The van der Waals surface area contributed by atoms with Gasteiger partial charge in [-0.2, -0.15) is 0 Å². The van der Waals surface area contributed by atoms with Crippen molar-refractivity contribution in [3.05, 3.63) is 66.0 Å². The van der Waals surface area contributed by atoms with Crippen molar-refractivity contribution in [2.24, 2.45) is 0 Å². The van der Waals surface area contributed by atoms with Gasteiger partial charge in [-0.3, -0.25) is 19.7 Å². The van der Waals surface area contributed by atoms with Crippen LogP contribution in [0.5, 0.6) is 0 Å². The van der Waals surface area contributed by atoms with E-state index in [4.69, 9.17) is 0 Å². The number of nitrogens with one attached hydrogen (secondary N) is 1. The summed E-state index contributed by atoms with van der Waals surface area (Å²) in [6, 6.07) is 9.86. The molecule has 0 spiro atoms. The van der Waals surface area contributed by atoms with Crippen molar-refractivity contribution in [1.82, 2.24) is 24.7 Å². The fourth-order valence-corrected chi connectivity index (χ4v) is 1.92. The van der Waals surface area contributed by atoms with Gasteiger partial charge in [0, 0.05) is 6.20 Å². The molecule has 7 nitrogen and oxygen atoms in total. The van der Waals surface area contributed by atoms with Crippen LogP contribution in [0.25, 0.3) is 0 Å². The summed E-state index contributed by atoms with van der Waals surface area (Å²) in [5.74, 6) is 0.00559. The Kier molecular flexibility index (Phi) is 3.86. The van der Waals surface area contributed by atoms with Crippen LogP contribution in [0.2, 0.25) is 0 Å². The maximum Gasteiger partial charge on any atom is 0.278 e. The molecule has 110 valence electrons. The second-order valence-electron chi connectivity index (χ2n) is 4.77. The van der Waals surface area contributed by atoms with Gasteiger partial charge in [0.15, 0.2) is 0 Å². The molecule has 0 aliphatic carbocycles. The van der Waals surface area contributed by atoms with Crippen LogP contribution < -0.4 is 5.32 Å². The molecule has 2 aromatic heterocycles. The summed E-state index contributed by atoms with van der Waals surface area (Å²) in [6.45, 7) is 2.38. The van der Waals surface area contributed by atoms with E-state index >= 15 is 0 Å². The lowest BCUT2D eigenvalue weighted by Crippen LogP contribution is -2.17. The molecule has 0 fully saturated rings. The van der Waals surface area contributed by atoms with Crippen molar-refractivity contribution >= 4 is 11.9 Å². The van der Waals surface area contributed by atoms with Crippen LogP contribution in [0.1, 0.15) is 21.7 Å². The first-order valence-electron chi connectivity index (χ1n) is 6.74. The molecule has 22 heavy (non-hydrogen) atoms. The Balaban J connectivity index is 1.75. The number of benzene rings is 1. The van der Waals surface area contributed by atoms with E-state index in [2.05, 4.69) is 25.5 Å². The number of rotatable bonds is 4. The van der Waals surface area contributed by atoms with Crippen molar-refractivity contribution in [2.75, 3.05) is 5.32 Å². The zero-order chi connectivity index (χ0) is 15.4. The Bertz CT molecular complexity index is 766. The number of amides is 1. The van der Waals surface area contributed by atoms with Crippen molar-refractivity contribution < 1.29 is 4.79 Å². The standard InChI is InChI=1S/C15H14N6O/c1-11-7-17-13(8-16-11)14(22)19-15-20-18-10-21(15)9-12-5-3-2-4-6-12/h2-8,10H,9H2,1H3,(H,19,20,22). The average molecular weight is 294 g/mol. The van der Waals surface area contributed by atoms with E-state index in [1.54, 1.807) is 17.1 Å². The fourth-order valence-electron chi connectivity index (χ4n) is 1.92. The number of carbonyl (C=O) groups excluding carboxylic acids is 1. The van der Waals surface area contributed by atoms with E-state index in [0.717, 1.165) is 11.3 Å². The molecule has 0 atom stereocenters. The molecule has 0 saturated carbocycles. The largest absolute Gasteiger partial charge is 0.295 e. The van der Waals surface area contributed by atoms with Gasteiger partial charge in [0.1, 0.15) is 12.0 Å². The van der Waals surface area contributed by atoms with Gasteiger partial charge in [-0.15, -0.1) is 10.2 Å². The Morgan fingerprint density at radius 2 is 2.00 bits per heavy atom. The van der Waals surface area contributed by atoms with Crippen LogP contribution in [0.4, 0.5) is 5.95 Å². The number of aromatic nitrogens is 5. The van der Waals surface area contributed by atoms with Gasteiger partial charge in [0.05, 0.1) is 18.4 Å². The third kappa shape index (κ3) is 3.14. The molecule has 1 N–H and O–H groups in total. The summed E-state index contributed by atoms with van der Waals surface area (Å²) in [7, 11) is 0. The lowest BCUT2D eigenvalue weighted by molar-refractivity contribution is 0.102. The number of anilines is 1. The molecule has 0 saturated heterocycles. The molecule has 0 aliphatic heterocycles. The minimum Gasteiger partial charge on any atom is -0.295 e. The monoisotopic (exact) mass is 294 g/mol. The summed E-state index contributed by atoms with van der Waals surface area (Å²) < 4.78 is 1.76. The van der Waals surface area contributed by atoms with E-state index < -0.39 is 0 Å². The van der Waals surface area contributed by atoms with Gasteiger partial charge in [-0.05, 0) is 12.5 Å². The molecule has 0 aliphatic rings. The van der Waals surface area contributed by atoms with Gasteiger partial charge < -0.3 is 0 Å². The Morgan fingerprint density at radius 3 is 2.73 bits per heavy atom. The molecule has 0 bridgehead atoms. The van der Waals surface area contributed by atoms with E-state index in [1.807, 2.05) is 37.3 Å². The maximum atomic E-state index is 12.1. The van der Waals surface area contributed by atoms with Crippen LogP contribution in [-0.2, 0) is 6.54 Å². The SMILES string of the molecule is Cc1cnc(C(=O)Nc2nncn2Cc2ccccc2)cn1. The summed E-state index contributed by atoms with van der Waals surface area (Å²) >= 11 is 0. The number of carbonyl (C=O) groups is 1. The highest BCUT2D eigenvalue weighted by atomic mass is 16.2. The minimum atomic E-state index is -0.366. The number of hydrogen-bond donors (Lipinski definition) is 1. The molecule has 1 aromatic carbocycles. The van der Waals surface area contributed by atoms with Crippen LogP contribution in [0.3, 0.4) is 0 Å². The highest BCUT2D eigenvalue weighted by Gasteiger charge is 2.12. The second-order valence-corrected chi connectivity index (χ2v) is 4.77. The third-order valence-electron chi connectivity index (χ3n) is 3.05. The van der Waals surface area contributed by atoms with Gasteiger partial charge in [-0.1, -0.05) is 30.3 Å². The van der Waals surface area contributed by atoms with Crippen molar-refractivity contribution in [1.29, 1.82) is 0 Å². The first kappa shape index (κ1) is 13.9. The van der Waals surface area contributed by atoms with Crippen molar-refractivity contribution in [3.8, 4) is 0 Å². The smallest absolute Gasteiger partial charge is 0.278 e. The minimum absolute atomic E-state index is 0.236. The molecule has 3 aromatic rings. The predicted octanol–water partition coefficient (Wildman–Crippen LogP) is 1.68. The van der Waals surface area contributed by atoms with Crippen molar-refractivity contribution in [3.63, 3.8) is 0 Å². The third-order valence-corrected chi connectivity index (χ3v) is 3.05. The predicted molar refractivity (Wildman–Crippen MR) is 80.3 cm³/mol. The topological polar surface area (TPSA) is 85.6 Å². The number of hydrogen-bond acceptors (Lipinski definition) is 5. The highest BCUT2D eigenvalue weighted by Crippen LogP contribution is 2.09. The molecular weight excluding hydrogens is 280 g/mol. The Labute approximate surface area is 127 Å². The second kappa shape index (κ2) is 6.13. The summed E-state index contributed by atoms with van der Waals surface area (Å²) in [5, 5.41) is 10.5. The Hall–Kier alpha value is -3.09. The van der Waals surface area contributed by atoms with Gasteiger partial charge in [-0.25, -0.2) is 4.98 Å².